The van der Waals surface area contributed by atoms with Crippen LogP contribution in [0.2, 0.25) is 0 Å². The standard InChI is InChI=1S/C51H34N4/c1-5-16-36(17-6-1)47-34-48(37-18-7-2-8-19-37)54-51(53-47)39-28-32-46-45(33-39)49-43-24-14-13-15-35(43)27-31-44(49)50(52-46)38-25-29-42(30-26-38)55(40-20-9-3-10-21-40)41-22-11-4-12-23-41/h1-34H. The largest absolute Gasteiger partial charge is 0.311 e. The molecule has 0 saturated heterocycles. The first-order valence-corrected chi connectivity index (χ1v) is 18.5. The Morgan fingerprint density at radius 3 is 1.47 bits per heavy atom. The summed E-state index contributed by atoms with van der Waals surface area (Å²) in [5, 5.41) is 5.71. The highest BCUT2D eigenvalue weighted by Crippen LogP contribution is 2.40. The molecule has 0 aliphatic heterocycles. The number of anilines is 3. The van der Waals surface area contributed by atoms with Crippen molar-refractivity contribution in [3.63, 3.8) is 0 Å². The monoisotopic (exact) mass is 702 g/mol. The van der Waals surface area contributed by atoms with E-state index in [9.17, 15) is 0 Å². The zero-order valence-electron chi connectivity index (χ0n) is 29.9. The Morgan fingerprint density at radius 2 is 0.855 bits per heavy atom. The molecule has 10 rings (SSSR count). The molecule has 0 spiro atoms. The summed E-state index contributed by atoms with van der Waals surface area (Å²) in [6.45, 7) is 0. The molecule has 0 atom stereocenters. The molecule has 0 aliphatic rings. The second kappa shape index (κ2) is 13.8. The predicted molar refractivity (Wildman–Crippen MR) is 229 cm³/mol. The molecule has 55 heavy (non-hydrogen) atoms. The van der Waals surface area contributed by atoms with Gasteiger partial charge in [0, 0.05) is 55.5 Å². The summed E-state index contributed by atoms with van der Waals surface area (Å²) in [7, 11) is 0. The van der Waals surface area contributed by atoms with Crippen molar-refractivity contribution in [2.45, 2.75) is 0 Å². The number of fused-ring (bicyclic) bond motifs is 5. The van der Waals surface area contributed by atoms with Gasteiger partial charge in [-0.1, -0.05) is 146 Å². The first kappa shape index (κ1) is 32.2. The third kappa shape index (κ3) is 6.06. The molecule has 0 fully saturated rings. The average Bonchev–Trinajstić information content (AvgIpc) is 3.27. The van der Waals surface area contributed by atoms with Crippen LogP contribution in [0.4, 0.5) is 17.1 Å². The summed E-state index contributed by atoms with van der Waals surface area (Å²) in [4.78, 5) is 18.0. The van der Waals surface area contributed by atoms with Gasteiger partial charge < -0.3 is 4.90 Å². The summed E-state index contributed by atoms with van der Waals surface area (Å²) in [6.07, 6.45) is 0. The molecule has 258 valence electrons. The van der Waals surface area contributed by atoms with Crippen molar-refractivity contribution in [1.29, 1.82) is 0 Å². The molecule has 10 aromatic rings. The molecule has 0 bridgehead atoms. The third-order valence-electron chi connectivity index (χ3n) is 10.2. The Kier molecular flexibility index (Phi) is 8.12. The van der Waals surface area contributed by atoms with Crippen molar-refractivity contribution in [1.82, 2.24) is 15.0 Å². The van der Waals surface area contributed by atoms with Crippen LogP contribution < -0.4 is 4.90 Å². The van der Waals surface area contributed by atoms with Gasteiger partial charge in [-0.2, -0.15) is 0 Å². The fourth-order valence-corrected chi connectivity index (χ4v) is 7.59. The molecule has 0 saturated carbocycles. The minimum atomic E-state index is 0.677. The average molecular weight is 703 g/mol. The van der Waals surface area contributed by atoms with Crippen molar-refractivity contribution < 1.29 is 0 Å². The molecular formula is C51H34N4. The van der Waals surface area contributed by atoms with Crippen LogP contribution in [0.3, 0.4) is 0 Å². The maximum atomic E-state index is 5.38. The summed E-state index contributed by atoms with van der Waals surface area (Å²) in [6, 6.07) is 72.0. The Labute approximate surface area is 319 Å². The van der Waals surface area contributed by atoms with Crippen LogP contribution in [0.15, 0.2) is 206 Å². The number of pyridine rings is 1. The molecule has 4 heteroatoms. The second-order valence-electron chi connectivity index (χ2n) is 13.6. The normalized spacial score (nSPS) is 11.3. The zero-order valence-corrected chi connectivity index (χ0v) is 29.9. The van der Waals surface area contributed by atoms with Gasteiger partial charge in [0.15, 0.2) is 5.82 Å². The van der Waals surface area contributed by atoms with E-state index in [1.165, 1.54) is 16.2 Å². The topological polar surface area (TPSA) is 41.9 Å². The van der Waals surface area contributed by atoms with Crippen molar-refractivity contribution in [3.8, 4) is 45.2 Å². The Hall–Kier alpha value is -7.43. The third-order valence-corrected chi connectivity index (χ3v) is 10.2. The van der Waals surface area contributed by atoms with Crippen molar-refractivity contribution in [3.05, 3.63) is 206 Å². The lowest BCUT2D eigenvalue weighted by molar-refractivity contribution is 1.18. The van der Waals surface area contributed by atoms with Gasteiger partial charge in [-0.05, 0) is 71.4 Å². The van der Waals surface area contributed by atoms with Gasteiger partial charge in [0.2, 0.25) is 0 Å². The number of hydrogen-bond acceptors (Lipinski definition) is 4. The van der Waals surface area contributed by atoms with Crippen LogP contribution in [0.25, 0.3) is 77.6 Å². The van der Waals surface area contributed by atoms with Gasteiger partial charge in [0.25, 0.3) is 0 Å². The molecule has 0 unspecified atom stereocenters. The molecule has 0 aliphatic carbocycles. The van der Waals surface area contributed by atoms with Crippen LogP contribution in [-0.2, 0) is 0 Å². The summed E-state index contributed by atoms with van der Waals surface area (Å²) in [5.41, 5.74) is 11.0. The Bertz CT molecular complexity index is 2850. The van der Waals surface area contributed by atoms with Crippen LogP contribution in [-0.4, -0.2) is 15.0 Å². The molecule has 0 N–H and O–H groups in total. The molecule has 0 radical (unpaired) electrons. The number of hydrogen-bond donors (Lipinski definition) is 0. The summed E-state index contributed by atoms with van der Waals surface area (Å²) < 4.78 is 0. The number of rotatable bonds is 7. The van der Waals surface area contributed by atoms with Gasteiger partial charge in [0.05, 0.1) is 22.6 Å². The van der Waals surface area contributed by atoms with E-state index in [1.807, 2.05) is 36.4 Å². The molecular weight excluding hydrogens is 669 g/mol. The molecule has 8 aromatic carbocycles. The lowest BCUT2D eigenvalue weighted by Crippen LogP contribution is -2.09. The van der Waals surface area contributed by atoms with E-state index in [2.05, 4.69) is 175 Å². The Balaban J connectivity index is 1.14. The SMILES string of the molecule is c1ccc(-c2cc(-c3ccccc3)nc(-c3ccc4nc(-c5ccc(N(c6ccccc6)c6ccccc6)cc5)c5ccc6ccccc6c5c4c3)n2)cc1. The van der Waals surface area contributed by atoms with E-state index in [1.54, 1.807) is 0 Å². The van der Waals surface area contributed by atoms with Gasteiger partial charge in [0.1, 0.15) is 0 Å². The van der Waals surface area contributed by atoms with Gasteiger partial charge in [-0.15, -0.1) is 0 Å². The minimum Gasteiger partial charge on any atom is -0.311 e. The van der Waals surface area contributed by atoms with Crippen LogP contribution in [0.1, 0.15) is 0 Å². The maximum Gasteiger partial charge on any atom is 0.160 e. The van der Waals surface area contributed by atoms with Crippen molar-refractivity contribution in [2.24, 2.45) is 0 Å². The molecule has 2 aromatic heterocycles. The fourth-order valence-electron chi connectivity index (χ4n) is 7.59. The van der Waals surface area contributed by atoms with E-state index in [0.29, 0.717) is 5.82 Å². The van der Waals surface area contributed by atoms with Crippen LogP contribution in [0, 0.1) is 0 Å². The van der Waals surface area contributed by atoms with Gasteiger partial charge in [-0.3, -0.25) is 0 Å². The molecule has 0 amide bonds. The van der Waals surface area contributed by atoms with Crippen molar-refractivity contribution >= 4 is 49.5 Å². The Morgan fingerprint density at radius 1 is 0.327 bits per heavy atom. The number of nitrogens with zero attached hydrogens (tertiary/aromatic N) is 4. The van der Waals surface area contributed by atoms with Gasteiger partial charge >= 0.3 is 0 Å². The molecule has 2 heterocycles. The number of para-hydroxylation sites is 2. The van der Waals surface area contributed by atoms with Crippen LogP contribution in [0.5, 0.6) is 0 Å². The first-order chi connectivity index (χ1) is 27.3. The lowest BCUT2D eigenvalue weighted by Gasteiger charge is -2.25. The summed E-state index contributed by atoms with van der Waals surface area (Å²) >= 11 is 0. The minimum absolute atomic E-state index is 0.677. The number of benzene rings is 8. The van der Waals surface area contributed by atoms with Crippen molar-refractivity contribution in [2.75, 3.05) is 4.90 Å². The second-order valence-corrected chi connectivity index (χ2v) is 13.6. The van der Waals surface area contributed by atoms with E-state index < -0.39 is 0 Å². The van der Waals surface area contributed by atoms with E-state index in [-0.39, 0.29) is 0 Å². The van der Waals surface area contributed by atoms with E-state index >= 15 is 0 Å². The molecule has 4 nitrogen and oxygen atoms in total. The highest BCUT2D eigenvalue weighted by Gasteiger charge is 2.18. The van der Waals surface area contributed by atoms with Gasteiger partial charge in [-0.25, -0.2) is 15.0 Å². The maximum absolute atomic E-state index is 5.38. The quantitative estimate of drug-likeness (QED) is 0.155. The highest BCUT2D eigenvalue weighted by molar-refractivity contribution is 6.22. The zero-order chi connectivity index (χ0) is 36.6. The first-order valence-electron chi connectivity index (χ1n) is 18.5. The van der Waals surface area contributed by atoms with E-state index in [4.69, 9.17) is 15.0 Å². The van der Waals surface area contributed by atoms with Crippen LogP contribution >= 0.6 is 0 Å². The summed E-state index contributed by atoms with van der Waals surface area (Å²) in [5.74, 6) is 0.677. The van der Waals surface area contributed by atoms with E-state index in [0.717, 1.165) is 72.7 Å². The smallest absolute Gasteiger partial charge is 0.160 e. The fraction of sp³-hybridized carbons (Fsp3) is 0. The lowest BCUT2D eigenvalue weighted by atomic mass is 9.94. The highest BCUT2D eigenvalue weighted by atomic mass is 15.1. The number of aromatic nitrogens is 3. The predicted octanol–water partition coefficient (Wildman–Crippen LogP) is 13.5.